The van der Waals surface area contributed by atoms with E-state index in [1.54, 1.807) is 13.8 Å². The predicted molar refractivity (Wildman–Crippen MR) is 54.7 cm³/mol. The molecule has 0 saturated heterocycles. The van der Waals surface area contributed by atoms with Gasteiger partial charge in [-0.2, -0.15) is 0 Å². The van der Waals surface area contributed by atoms with Crippen LogP contribution in [0.4, 0.5) is 0 Å². The number of carbonyl (C=O) groups excluding carboxylic acids is 1. The van der Waals surface area contributed by atoms with Crippen LogP contribution in [0.5, 0.6) is 0 Å². The first kappa shape index (κ1) is 12.7. The van der Waals surface area contributed by atoms with Crippen molar-refractivity contribution in [1.82, 2.24) is 0 Å². The highest BCUT2D eigenvalue weighted by Gasteiger charge is 2.12. The van der Waals surface area contributed by atoms with Crippen LogP contribution in [-0.2, 0) is 9.53 Å². The number of halogens is 2. The average Bonchev–Trinajstić information content (AvgIpc) is 2.05. The summed E-state index contributed by atoms with van der Waals surface area (Å²) in [5, 5.41) is 0.357. The molecule has 0 aliphatic rings. The van der Waals surface area contributed by atoms with E-state index in [1.807, 2.05) is 0 Å². The van der Waals surface area contributed by atoms with Crippen LogP contribution in [0.3, 0.4) is 0 Å². The molecule has 0 heterocycles. The van der Waals surface area contributed by atoms with Crippen LogP contribution in [0.25, 0.3) is 0 Å². The molecule has 0 amide bonds. The van der Waals surface area contributed by atoms with E-state index >= 15 is 0 Å². The Bertz CT molecular complexity index is 195. The molecule has 3 nitrogen and oxygen atoms in total. The maximum absolute atomic E-state index is 11.1. The molecule has 0 aliphatic heterocycles. The van der Waals surface area contributed by atoms with Gasteiger partial charge < -0.3 is 4.74 Å². The third-order valence-corrected chi connectivity index (χ3v) is 1.74. The van der Waals surface area contributed by atoms with Crippen molar-refractivity contribution in [3.8, 4) is 0 Å². The first-order valence-corrected chi connectivity index (χ1v) is 4.97. The van der Waals surface area contributed by atoms with E-state index in [0.29, 0.717) is 24.1 Å². The van der Waals surface area contributed by atoms with Crippen LogP contribution in [0.2, 0.25) is 0 Å². The molecule has 0 aliphatic carbocycles. The van der Waals surface area contributed by atoms with Crippen molar-refractivity contribution in [3.63, 3.8) is 0 Å². The summed E-state index contributed by atoms with van der Waals surface area (Å²) in [6, 6.07) is -0.546. The molecule has 1 atom stereocenters. The molecule has 0 N–H and O–H groups in total. The van der Waals surface area contributed by atoms with Crippen molar-refractivity contribution in [2.24, 2.45) is 4.99 Å². The van der Waals surface area contributed by atoms with Gasteiger partial charge in [0, 0.05) is 12.3 Å². The zero-order chi connectivity index (χ0) is 10.3. The predicted octanol–water partition coefficient (Wildman–Crippen LogP) is 2.20. The van der Waals surface area contributed by atoms with E-state index in [9.17, 15) is 4.79 Å². The van der Waals surface area contributed by atoms with Gasteiger partial charge in [-0.15, -0.1) is 11.6 Å². The SMILES string of the molecule is CCOC(=O)C(C)N=C(Cl)CCCl. The molecule has 0 aromatic rings. The number of nitrogens with zero attached hydrogens (tertiary/aromatic N) is 1. The molecule has 13 heavy (non-hydrogen) atoms. The second-order valence-electron chi connectivity index (χ2n) is 2.37. The highest BCUT2D eigenvalue weighted by Crippen LogP contribution is 2.01. The zero-order valence-corrected chi connectivity index (χ0v) is 9.23. The Labute approximate surface area is 88.1 Å². The van der Waals surface area contributed by atoms with Crippen LogP contribution in [0, 0.1) is 0 Å². The summed E-state index contributed by atoms with van der Waals surface area (Å²) < 4.78 is 4.75. The van der Waals surface area contributed by atoms with Gasteiger partial charge in [0.1, 0.15) is 11.2 Å². The molecule has 0 aromatic heterocycles. The highest BCUT2D eigenvalue weighted by atomic mass is 35.5. The molecule has 0 saturated carbocycles. The third kappa shape index (κ3) is 5.88. The summed E-state index contributed by atoms with van der Waals surface area (Å²) in [7, 11) is 0. The maximum atomic E-state index is 11.1. The van der Waals surface area contributed by atoms with Gasteiger partial charge in [-0.1, -0.05) is 11.6 Å². The Morgan fingerprint density at radius 2 is 2.23 bits per heavy atom. The fourth-order valence-electron chi connectivity index (χ4n) is 0.668. The van der Waals surface area contributed by atoms with Gasteiger partial charge >= 0.3 is 5.97 Å². The van der Waals surface area contributed by atoms with E-state index in [-0.39, 0.29) is 5.97 Å². The van der Waals surface area contributed by atoms with Gasteiger partial charge in [0.05, 0.1) is 6.61 Å². The number of rotatable bonds is 5. The lowest BCUT2D eigenvalue weighted by Gasteiger charge is -2.05. The Hall–Kier alpha value is -0.280. The minimum Gasteiger partial charge on any atom is -0.464 e. The fourth-order valence-corrected chi connectivity index (χ4v) is 1.18. The van der Waals surface area contributed by atoms with Crippen LogP contribution < -0.4 is 0 Å². The lowest BCUT2D eigenvalue weighted by atomic mass is 10.3. The van der Waals surface area contributed by atoms with Crippen molar-refractivity contribution in [2.75, 3.05) is 12.5 Å². The average molecular weight is 226 g/mol. The molecule has 0 fully saturated rings. The summed E-state index contributed by atoms with van der Waals surface area (Å²) in [6.45, 7) is 3.73. The smallest absolute Gasteiger partial charge is 0.330 e. The molecular weight excluding hydrogens is 213 g/mol. The van der Waals surface area contributed by atoms with Gasteiger partial charge in [0.25, 0.3) is 0 Å². The van der Waals surface area contributed by atoms with Gasteiger partial charge in [-0.3, -0.25) is 4.99 Å². The van der Waals surface area contributed by atoms with E-state index in [0.717, 1.165) is 0 Å². The van der Waals surface area contributed by atoms with Crippen molar-refractivity contribution >= 4 is 34.3 Å². The molecular formula is C8H13Cl2NO2. The van der Waals surface area contributed by atoms with Crippen LogP contribution in [0.1, 0.15) is 20.3 Å². The number of hydrogen-bond acceptors (Lipinski definition) is 3. The molecule has 0 spiro atoms. The Kier molecular flexibility index (Phi) is 7.00. The summed E-state index contributed by atoms with van der Waals surface area (Å²) in [5.74, 6) is 0.0351. The van der Waals surface area contributed by atoms with E-state index in [4.69, 9.17) is 27.9 Å². The summed E-state index contributed by atoms with van der Waals surface area (Å²) in [5.41, 5.74) is 0. The Morgan fingerprint density at radius 1 is 1.62 bits per heavy atom. The summed E-state index contributed by atoms with van der Waals surface area (Å²) >= 11 is 11.1. The van der Waals surface area contributed by atoms with Crippen molar-refractivity contribution in [2.45, 2.75) is 26.3 Å². The summed E-state index contributed by atoms with van der Waals surface area (Å²) in [6.07, 6.45) is 0.479. The lowest BCUT2D eigenvalue weighted by molar-refractivity contribution is -0.144. The topological polar surface area (TPSA) is 38.7 Å². The minimum absolute atomic E-state index is 0.353. The highest BCUT2D eigenvalue weighted by molar-refractivity contribution is 6.65. The van der Waals surface area contributed by atoms with Gasteiger partial charge in [0.15, 0.2) is 0 Å². The number of alkyl halides is 1. The van der Waals surface area contributed by atoms with E-state index in [1.165, 1.54) is 0 Å². The van der Waals surface area contributed by atoms with Gasteiger partial charge in [-0.05, 0) is 13.8 Å². The number of ether oxygens (including phenoxy) is 1. The van der Waals surface area contributed by atoms with E-state index in [2.05, 4.69) is 4.99 Å². The number of hydrogen-bond donors (Lipinski definition) is 0. The minimum atomic E-state index is -0.546. The molecule has 0 radical (unpaired) electrons. The first-order chi connectivity index (χ1) is 6.11. The fraction of sp³-hybridized carbons (Fsp3) is 0.750. The first-order valence-electron chi connectivity index (χ1n) is 4.06. The van der Waals surface area contributed by atoms with Crippen molar-refractivity contribution in [1.29, 1.82) is 0 Å². The quantitative estimate of drug-likeness (QED) is 0.409. The molecule has 5 heteroatoms. The van der Waals surface area contributed by atoms with Gasteiger partial charge in [-0.25, -0.2) is 4.79 Å². The largest absolute Gasteiger partial charge is 0.464 e. The van der Waals surface area contributed by atoms with Crippen LogP contribution in [0.15, 0.2) is 4.99 Å². The Morgan fingerprint density at radius 3 is 2.69 bits per heavy atom. The third-order valence-electron chi connectivity index (χ3n) is 1.26. The number of carbonyl (C=O) groups is 1. The second kappa shape index (κ2) is 7.15. The standard InChI is InChI=1S/C8H13Cl2NO2/c1-3-13-8(12)6(2)11-7(10)4-5-9/h6H,3-5H2,1-2H3. The second-order valence-corrected chi connectivity index (χ2v) is 3.19. The van der Waals surface area contributed by atoms with Crippen LogP contribution >= 0.6 is 23.2 Å². The molecule has 0 bridgehead atoms. The number of aliphatic imine (C=N–C) groups is 1. The van der Waals surface area contributed by atoms with Crippen LogP contribution in [-0.4, -0.2) is 29.7 Å². The normalized spacial score (nSPS) is 14.0. The zero-order valence-electron chi connectivity index (χ0n) is 7.72. The molecule has 0 aromatic carbocycles. The van der Waals surface area contributed by atoms with Crippen molar-refractivity contribution < 1.29 is 9.53 Å². The maximum Gasteiger partial charge on any atom is 0.330 e. The van der Waals surface area contributed by atoms with E-state index < -0.39 is 6.04 Å². The monoisotopic (exact) mass is 225 g/mol. The summed E-state index contributed by atoms with van der Waals surface area (Å²) in [4.78, 5) is 15.0. The molecule has 0 rings (SSSR count). The van der Waals surface area contributed by atoms with Crippen molar-refractivity contribution in [3.05, 3.63) is 0 Å². The molecule has 76 valence electrons. The molecule has 1 unspecified atom stereocenters. The Balaban J connectivity index is 4.03. The number of esters is 1. The van der Waals surface area contributed by atoms with Gasteiger partial charge in [0.2, 0.25) is 0 Å². The lowest BCUT2D eigenvalue weighted by Crippen LogP contribution is -2.19.